The number of benzene rings is 1. The lowest BCUT2D eigenvalue weighted by atomic mass is 10.2. The fraction of sp³-hybridized carbons (Fsp3) is 0.222. The molecule has 1 N–H and O–H groups in total. The number of rotatable bonds is 2. The molecule has 0 unspecified atom stereocenters. The van der Waals surface area contributed by atoms with E-state index in [-0.39, 0.29) is 6.04 Å². The Bertz CT molecular complexity index is 991. The van der Waals surface area contributed by atoms with Gasteiger partial charge in [0.1, 0.15) is 17.2 Å². The molecule has 1 fully saturated rings. The van der Waals surface area contributed by atoms with Crippen LogP contribution in [0.3, 0.4) is 0 Å². The van der Waals surface area contributed by atoms with E-state index < -0.39 is 0 Å². The predicted molar refractivity (Wildman–Crippen MR) is 92.7 cm³/mol. The summed E-state index contributed by atoms with van der Waals surface area (Å²) in [5.74, 6) is 1.95. The third kappa shape index (κ3) is 2.11. The lowest BCUT2D eigenvalue weighted by Gasteiger charge is -2.24. The van der Waals surface area contributed by atoms with Crippen LogP contribution in [0.5, 0.6) is 0 Å². The molecule has 24 heavy (non-hydrogen) atoms. The normalized spacial score (nSPS) is 17.8. The van der Waals surface area contributed by atoms with Crippen molar-refractivity contribution in [3.8, 4) is 0 Å². The van der Waals surface area contributed by atoms with Gasteiger partial charge in [0.2, 0.25) is 0 Å². The molecule has 1 saturated heterocycles. The van der Waals surface area contributed by atoms with Gasteiger partial charge in [-0.05, 0) is 37.1 Å². The van der Waals surface area contributed by atoms with Gasteiger partial charge >= 0.3 is 0 Å². The van der Waals surface area contributed by atoms with Gasteiger partial charge < -0.3 is 9.88 Å². The Morgan fingerprint density at radius 2 is 1.88 bits per heavy atom. The zero-order valence-corrected chi connectivity index (χ0v) is 13.1. The number of anilines is 1. The molecule has 5 rings (SSSR count). The molecule has 0 saturated carbocycles. The summed E-state index contributed by atoms with van der Waals surface area (Å²) in [4.78, 5) is 23.9. The maximum atomic E-state index is 4.78. The van der Waals surface area contributed by atoms with Gasteiger partial charge in [0.05, 0.1) is 17.1 Å². The second-order valence-electron chi connectivity index (χ2n) is 6.06. The van der Waals surface area contributed by atoms with Gasteiger partial charge in [-0.1, -0.05) is 12.1 Å². The molecule has 0 radical (unpaired) electrons. The Morgan fingerprint density at radius 1 is 0.958 bits per heavy atom. The summed E-state index contributed by atoms with van der Waals surface area (Å²) in [6.07, 6.45) is 5.57. The molecule has 1 aliphatic rings. The molecule has 0 bridgehead atoms. The van der Waals surface area contributed by atoms with E-state index in [0.29, 0.717) is 5.65 Å². The first-order valence-corrected chi connectivity index (χ1v) is 8.17. The fourth-order valence-electron chi connectivity index (χ4n) is 3.46. The average molecular weight is 316 g/mol. The molecule has 6 nitrogen and oxygen atoms in total. The van der Waals surface area contributed by atoms with Gasteiger partial charge in [0.25, 0.3) is 0 Å². The minimum Gasteiger partial charge on any atom is -0.346 e. The summed E-state index contributed by atoms with van der Waals surface area (Å²) in [5.41, 5.74) is 3.60. The van der Waals surface area contributed by atoms with Crippen molar-refractivity contribution in [1.29, 1.82) is 0 Å². The third-order valence-electron chi connectivity index (χ3n) is 4.59. The van der Waals surface area contributed by atoms with E-state index in [1.165, 1.54) is 0 Å². The first-order valence-electron chi connectivity index (χ1n) is 8.17. The predicted octanol–water partition coefficient (Wildman–Crippen LogP) is 3.24. The Balaban J connectivity index is 1.56. The summed E-state index contributed by atoms with van der Waals surface area (Å²) in [5, 5.41) is 0. The van der Waals surface area contributed by atoms with E-state index in [1.807, 2.05) is 30.3 Å². The zero-order chi connectivity index (χ0) is 15.9. The minimum absolute atomic E-state index is 0.221. The summed E-state index contributed by atoms with van der Waals surface area (Å²) in [7, 11) is 0. The van der Waals surface area contributed by atoms with Crippen LogP contribution in [-0.4, -0.2) is 31.5 Å². The molecule has 118 valence electrons. The number of aromatic amines is 1. The number of nitrogens with zero attached hydrogens (tertiary/aromatic N) is 5. The average Bonchev–Trinajstić information content (AvgIpc) is 3.27. The van der Waals surface area contributed by atoms with Crippen LogP contribution < -0.4 is 4.90 Å². The van der Waals surface area contributed by atoms with Crippen LogP contribution in [0.15, 0.2) is 48.8 Å². The van der Waals surface area contributed by atoms with Crippen LogP contribution in [0.2, 0.25) is 0 Å². The van der Waals surface area contributed by atoms with E-state index in [1.54, 1.807) is 12.4 Å². The SMILES string of the molecule is c1ccc2[nH]c([C@H]3CCCN3c3ccc4nccnc4n3)nc2c1. The van der Waals surface area contributed by atoms with E-state index in [9.17, 15) is 0 Å². The number of hydrogen-bond acceptors (Lipinski definition) is 5. The smallest absolute Gasteiger partial charge is 0.180 e. The highest BCUT2D eigenvalue weighted by Gasteiger charge is 2.29. The number of pyridine rings is 1. The lowest BCUT2D eigenvalue weighted by Crippen LogP contribution is -2.24. The molecule has 0 amide bonds. The van der Waals surface area contributed by atoms with Gasteiger partial charge in [0.15, 0.2) is 5.65 Å². The van der Waals surface area contributed by atoms with Crippen molar-refractivity contribution in [3.63, 3.8) is 0 Å². The molecular weight excluding hydrogens is 300 g/mol. The first kappa shape index (κ1) is 13.4. The van der Waals surface area contributed by atoms with Gasteiger partial charge in [0, 0.05) is 18.9 Å². The summed E-state index contributed by atoms with van der Waals surface area (Å²) in [6.45, 7) is 0.973. The Kier molecular flexibility index (Phi) is 2.94. The molecule has 3 aromatic heterocycles. The highest BCUT2D eigenvalue weighted by Crippen LogP contribution is 2.35. The van der Waals surface area contributed by atoms with E-state index in [4.69, 9.17) is 9.97 Å². The van der Waals surface area contributed by atoms with Gasteiger partial charge in [-0.15, -0.1) is 0 Å². The highest BCUT2D eigenvalue weighted by atomic mass is 15.3. The molecule has 1 aromatic carbocycles. The maximum Gasteiger partial charge on any atom is 0.180 e. The molecule has 4 aromatic rings. The molecular formula is C18H16N6. The van der Waals surface area contributed by atoms with Gasteiger partial charge in [-0.25, -0.2) is 15.0 Å². The Morgan fingerprint density at radius 3 is 2.83 bits per heavy atom. The Hall–Kier alpha value is -3.02. The zero-order valence-electron chi connectivity index (χ0n) is 13.1. The van der Waals surface area contributed by atoms with Crippen LogP contribution >= 0.6 is 0 Å². The van der Waals surface area contributed by atoms with Crippen LogP contribution in [0, 0.1) is 0 Å². The van der Waals surface area contributed by atoms with E-state index in [2.05, 4.69) is 25.9 Å². The van der Waals surface area contributed by atoms with Gasteiger partial charge in [-0.3, -0.25) is 4.98 Å². The molecule has 0 aliphatic carbocycles. The quantitative estimate of drug-likeness (QED) is 0.615. The number of hydrogen-bond donors (Lipinski definition) is 1. The molecule has 1 atom stereocenters. The van der Waals surface area contributed by atoms with E-state index in [0.717, 1.165) is 47.6 Å². The second kappa shape index (κ2) is 5.26. The number of fused-ring (bicyclic) bond motifs is 2. The number of nitrogens with one attached hydrogen (secondary N) is 1. The van der Waals surface area contributed by atoms with E-state index >= 15 is 0 Å². The summed E-state index contributed by atoms with van der Waals surface area (Å²) in [6, 6.07) is 12.4. The van der Waals surface area contributed by atoms with Crippen molar-refractivity contribution in [2.24, 2.45) is 0 Å². The van der Waals surface area contributed by atoms with Crippen molar-refractivity contribution in [1.82, 2.24) is 24.9 Å². The van der Waals surface area contributed by atoms with Crippen LogP contribution in [-0.2, 0) is 0 Å². The summed E-state index contributed by atoms with van der Waals surface area (Å²) >= 11 is 0. The molecule has 0 spiro atoms. The standard InChI is InChI=1S/C18H16N6/c1-2-5-13-12(4-1)21-18(22-13)15-6-3-11-24(15)16-8-7-14-17(23-16)20-10-9-19-14/h1-2,4-5,7-10,15H,3,6,11H2,(H,21,22)/t15-/m1/s1. The second-order valence-corrected chi connectivity index (χ2v) is 6.06. The monoisotopic (exact) mass is 316 g/mol. The topological polar surface area (TPSA) is 70.6 Å². The summed E-state index contributed by atoms with van der Waals surface area (Å²) < 4.78 is 0. The molecule has 1 aliphatic heterocycles. The van der Waals surface area contributed by atoms with Crippen molar-refractivity contribution < 1.29 is 0 Å². The van der Waals surface area contributed by atoms with Crippen molar-refractivity contribution in [2.75, 3.05) is 11.4 Å². The van der Waals surface area contributed by atoms with Crippen LogP contribution in [0.1, 0.15) is 24.7 Å². The minimum atomic E-state index is 0.221. The number of para-hydroxylation sites is 2. The first-order chi connectivity index (χ1) is 11.9. The van der Waals surface area contributed by atoms with Crippen molar-refractivity contribution >= 4 is 28.0 Å². The fourth-order valence-corrected chi connectivity index (χ4v) is 3.46. The molecule has 6 heteroatoms. The molecule has 4 heterocycles. The van der Waals surface area contributed by atoms with Crippen molar-refractivity contribution in [2.45, 2.75) is 18.9 Å². The highest BCUT2D eigenvalue weighted by molar-refractivity contribution is 5.75. The maximum absolute atomic E-state index is 4.78. The number of imidazole rings is 1. The largest absolute Gasteiger partial charge is 0.346 e. The lowest BCUT2D eigenvalue weighted by molar-refractivity contribution is 0.673. The van der Waals surface area contributed by atoms with Crippen LogP contribution in [0.4, 0.5) is 5.82 Å². The number of aromatic nitrogens is 5. The Labute approximate surface area is 138 Å². The number of H-pyrrole nitrogens is 1. The van der Waals surface area contributed by atoms with Crippen LogP contribution in [0.25, 0.3) is 22.2 Å². The van der Waals surface area contributed by atoms with Crippen molar-refractivity contribution in [3.05, 3.63) is 54.6 Å². The van der Waals surface area contributed by atoms with Gasteiger partial charge in [-0.2, -0.15) is 0 Å². The third-order valence-corrected chi connectivity index (χ3v) is 4.59.